The van der Waals surface area contributed by atoms with Crippen LogP contribution in [0.1, 0.15) is 19.8 Å². The van der Waals surface area contributed by atoms with E-state index in [1.807, 2.05) is 19.1 Å². The molecule has 1 unspecified atom stereocenters. The van der Waals surface area contributed by atoms with Crippen molar-refractivity contribution in [3.63, 3.8) is 0 Å². The molecule has 1 fully saturated rings. The van der Waals surface area contributed by atoms with Gasteiger partial charge >= 0.3 is 0 Å². The van der Waals surface area contributed by atoms with Crippen LogP contribution < -0.4 is 19.5 Å². The second-order valence-corrected chi connectivity index (χ2v) is 5.46. The van der Waals surface area contributed by atoms with Gasteiger partial charge in [0.1, 0.15) is 23.9 Å². The predicted molar refractivity (Wildman–Crippen MR) is 81.3 cm³/mol. The highest BCUT2D eigenvalue weighted by Crippen LogP contribution is 2.40. The molecule has 0 radical (unpaired) electrons. The summed E-state index contributed by atoms with van der Waals surface area (Å²) in [4.78, 5) is 0. The van der Waals surface area contributed by atoms with Gasteiger partial charge in [0.25, 0.3) is 0 Å². The lowest BCUT2D eigenvalue weighted by Gasteiger charge is -2.33. The van der Waals surface area contributed by atoms with E-state index in [4.69, 9.17) is 14.2 Å². The summed E-state index contributed by atoms with van der Waals surface area (Å²) in [6.07, 6.45) is 2.27. The molecule has 0 heterocycles. The number of benzene rings is 1. The van der Waals surface area contributed by atoms with Crippen molar-refractivity contribution in [3.05, 3.63) is 18.2 Å². The second-order valence-electron chi connectivity index (χ2n) is 5.46. The van der Waals surface area contributed by atoms with Gasteiger partial charge < -0.3 is 24.6 Å². The van der Waals surface area contributed by atoms with Gasteiger partial charge in [-0.05, 0) is 25.3 Å². The first kappa shape index (κ1) is 15.9. The largest absolute Gasteiger partial charge is 0.496 e. The maximum absolute atomic E-state index is 9.81. The lowest BCUT2D eigenvalue weighted by molar-refractivity contribution is 0.0862. The van der Waals surface area contributed by atoms with Crippen LogP contribution in [0.3, 0.4) is 0 Å². The highest BCUT2D eigenvalue weighted by molar-refractivity contribution is 5.42. The van der Waals surface area contributed by atoms with Gasteiger partial charge in [-0.2, -0.15) is 0 Å². The van der Waals surface area contributed by atoms with Crippen LogP contribution in [0.15, 0.2) is 18.2 Å². The normalized spacial score (nSPS) is 17.1. The minimum absolute atomic E-state index is 0.0760. The van der Waals surface area contributed by atoms with Crippen LogP contribution in [0.5, 0.6) is 17.2 Å². The molecule has 2 N–H and O–H groups in total. The number of ether oxygens (including phenoxy) is 3. The molecule has 0 saturated heterocycles. The molecule has 1 aromatic carbocycles. The molecular formula is C16H25NO4. The zero-order chi connectivity index (χ0) is 15.3. The topological polar surface area (TPSA) is 60.0 Å². The Labute approximate surface area is 126 Å². The predicted octanol–water partition coefficient (Wildman–Crippen LogP) is 1.83. The van der Waals surface area contributed by atoms with Crippen molar-refractivity contribution in [3.8, 4) is 17.2 Å². The summed E-state index contributed by atoms with van der Waals surface area (Å²) in [6, 6.07) is 5.45. The third-order valence-electron chi connectivity index (χ3n) is 3.99. The number of aliphatic hydroxyl groups excluding tert-OH is 1. The van der Waals surface area contributed by atoms with E-state index in [0.717, 1.165) is 19.4 Å². The number of nitrogens with one attached hydrogen (secondary N) is 1. The van der Waals surface area contributed by atoms with Crippen molar-refractivity contribution in [1.29, 1.82) is 0 Å². The van der Waals surface area contributed by atoms with Crippen LogP contribution in [0.4, 0.5) is 0 Å². The number of likely N-dealkylation sites (N-methyl/N-ethyl adjacent to an activating group) is 1. The van der Waals surface area contributed by atoms with Crippen LogP contribution in [0.2, 0.25) is 0 Å². The van der Waals surface area contributed by atoms with E-state index >= 15 is 0 Å². The smallest absolute Gasteiger partial charge is 0.126 e. The van der Waals surface area contributed by atoms with E-state index in [2.05, 4.69) is 5.32 Å². The van der Waals surface area contributed by atoms with Crippen LogP contribution in [-0.2, 0) is 0 Å². The second kappa shape index (κ2) is 7.00. The summed E-state index contributed by atoms with van der Waals surface area (Å²) >= 11 is 0. The fourth-order valence-electron chi connectivity index (χ4n) is 2.61. The Morgan fingerprint density at radius 3 is 2.14 bits per heavy atom. The molecule has 1 aromatic rings. The molecule has 1 atom stereocenters. The van der Waals surface area contributed by atoms with Crippen molar-refractivity contribution < 1.29 is 19.3 Å². The minimum atomic E-state index is -0.356. The van der Waals surface area contributed by atoms with Crippen molar-refractivity contribution in [2.24, 2.45) is 5.92 Å². The van der Waals surface area contributed by atoms with Gasteiger partial charge in [0, 0.05) is 18.2 Å². The van der Waals surface area contributed by atoms with Crippen molar-refractivity contribution in [1.82, 2.24) is 5.32 Å². The van der Waals surface area contributed by atoms with Crippen LogP contribution >= 0.6 is 0 Å². The van der Waals surface area contributed by atoms with E-state index in [9.17, 15) is 5.11 Å². The van der Waals surface area contributed by atoms with E-state index in [0.29, 0.717) is 29.8 Å². The Morgan fingerprint density at radius 1 is 1.14 bits per heavy atom. The fraction of sp³-hybridized carbons (Fsp3) is 0.625. The van der Waals surface area contributed by atoms with E-state index in [-0.39, 0.29) is 12.1 Å². The van der Waals surface area contributed by atoms with E-state index in [1.165, 1.54) is 0 Å². The summed E-state index contributed by atoms with van der Waals surface area (Å²) in [6.45, 7) is 3.36. The van der Waals surface area contributed by atoms with Crippen LogP contribution in [0.25, 0.3) is 0 Å². The molecule has 0 bridgehead atoms. The maximum atomic E-state index is 9.81. The van der Waals surface area contributed by atoms with E-state index < -0.39 is 0 Å². The minimum Gasteiger partial charge on any atom is -0.496 e. The molecular weight excluding hydrogens is 270 g/mol. The number of methoxy groups -OCH3 is 2. The third-order valence-corrected chi connectivity index (χ3v) is 3.99. The van der Waals surface area contributed by atoms with Gasteiger partial charge in [-0.1, -0.05) is 6.92 Å². The summed E-state index contributed by atoms with van der Waals surface area (Å²) in [5.41, 5.74) is -0.356. The Bertz CT molecular complexity index is 439. The summed E-state index contributed by atoms with van der Waals surface area (Å²) in [5, 5.41) is 13.2. The fourth-order valence-corrected chi connectivity index (χ4v) is 2.61. The monoisotopic (exact) mass is 295 g/mol. The summed E-state index contributed by atoms with van der Waals surface area (Å²) in [5.74, 6) is 2.54. The molecule has 5 nitrogen and oxygen atoms in total. The summed E-state index contributed by atoms with van der Waals surface area (Å²) < 4.78 is 16.4. The molecule has 1 aliphatic carbocycles. The molecule has 1 aliphatic rings. The number of aliphatic hydroxyl groups is 1. The molecule has 0 aromatic heterocycles. The third kappa shape index (κ3) is 3.80. The first-order valence-corrected chi connectivity index (χ1v) is 7.39. The molecule has 118 valence electrons. The van der Waals surface area contributed by atoms with Crippen molar-refractivity contribution >= 4 is 0 Å². The quantitative estimate of drug-likeness (QED) is 0.728. The SMILES string of the molecule is CCNC(CO)(COc1cc(OC)cc(OC)c1)C1CC1. The zero-order valence-electron chi connectivity index (χ0n) is 13.0. The van der Waals surface area contributed by atoms with Crippen LogP contribution in [-0.4, -0.2) is 44.6 Å². The van der Waals surface area contributed by atoms with Gasteiger partial charge in [-0.15, -0.1) is 0 Å². The summed E-state index contributed by atoms with van der Waals surface area (Å²) in [7, 11) is 3.22. The zero-order valence-corrected chi connectivity index (χ0v) is 13.0. The molecule has 0 amide bonds. The average molecular weight is 295 g/mol. The van der Waals surface area contributed by atoms with Crippen LogP contribution in [0, 0.1) is 5.92 Å². The first-order chi connectivity index (χ1) is 10.2. The Morgan fingerprint density at radius 2 is 1.71 bits per heavy atom. The highest BCUT2D eigenvalue weighted by atomic mass is 16.5. The average Bonchev–Trinajstić information content (AvgIpc) is 3.36. The molecule has 2 rings (SSSR count). The number of hydrogen-bond acceptors (Lipinski definition) is 5. The van der Waals surface area contributed by atoms with Gasteiger partial charge in [0.05, 0.1) is 26.4 Å². The van der Waals surface area contributed by atoms with Gasteiger partial charge in [-0.25, -0.2) is 0 Å². The molecule has 0 aliphatic heterocycles. The Kier molecular flexibility index (Phi) is 5.31. The van der Waals surface area contributed by atoms with E-state index in [1.54, 1.807) is 20.3 Å². The maximum Gasteiger partial charge on any atom is 0.126 e. The Hall–Kier alpha value is -1.46. The molecule has 0 spiro atoms. The number of rotatable bonds is 9. The molecule has 1 saturated carbocycles. The highest BCUT2D eigenvalue weighted by Gasteiger charge is 2.45. The first-order valence-electron chi connectivity index (χ1n) is 7.39. The van der Waals surface area contributed by atoms with Gasteiger partial charge in [-0.3, -0.25) is 0 Å². The standard InChI is InChI=1S/C16H25NO4/c1-4-17-16(10-18,12-5-6-12)11-21-15-8-13(19-2)7-14(9-15)20-3/h7-9,12,17-18H,4-6,10-11H2,1-3H3. The van der Waals surface area contributed by atoms with Crippen molar-refractivity contribution in [2.75, 3.05) is 34.0 Å². The molecule has 21 heavy (non-hydrogen) atoms. The molecule has 5 heteroatoms. The lowest BCUT2D eigenvalue weighted by Crippen LogP contribution is -2.55. The van der Waals surface area contributed by atoms with Crippen molar-refractivity contribution in [2.45, 2.75) is 25.3 Å². The van der Waals surface area contributed by atoms with Gasteiger partial charge in [0.15, 0.2) is 0 Å². The Balaban J connectivity index is 2.09. The number of hydrogen-bond donors (Lipinski definition) is 2. The van der Waals surface area contributed by atoms with Gasteiger partial charge in [0.2, 0.25) is 0 Å². The lowest BCUT2D eigenvalue weighted by atomic mass is 9.95.